The molecule has 2 amide bonds. The molecule has 0 saturated carbocycles. The summed E-state index contributed by atoms with van der Waals surface area (Å²) in [7, 11) is 1.56. The first kappa shape index (κ1) is 24.9. The molecule has 1 aliphatic heterocycles. The number of allylic oxidation sites excluding steroid dienone is 1. The van der Waals surface area contributed by atoms with Crippen LogP contribution in [0.3, 0.4) is 0 Å². The van der Waals surface area contributed by atoms with E-state index in [-0.39, 0.29) is 12.6 Å². The molecule has 1 aliphatic rings. The van der Waals surface area contributed by atoms with E-state index in [0.29, 0.717) is 41.5 Å². The number of methoxy groups -OCH3 is 1. The van der Waals surface area contributed by atoms with Gasteiger partial charge in [0.15, 0.2) is 11.5 Å². The van der Waals surface area contributed by atoms with Crippen molar-refractivity contribution < 1.29 is 23.8 Å². The summed E-state index contributed by atoms with van der Waals surface area (Å²) in [4.78, 5) is 27.8. The maximum atomic E-state index is 13.2. The van der Waals surface area contributed by atoms with Crippen molar-refractivity contribution in [3.63, 3.8) is 0 Å². The van der Waals surface area contributed by atoms with E-state index in [1.54, 1.807) is 38.0 Å². The number of hydrogen-bond donors (Lipinski definition) is 1. The number of hydrogen-bond acceptors (Lipinski definition) is 5. The fraction of sp³-hybridized carbons (Fsp3) is 0.241. The van der Waals surface area contributed by atoms with Crippen LogP contribution in [-0.4, -0.2) is 30.6 Å². The summed E-state index contributed by atoms with van der Waals surface area (Å²) in [6.45, 7) is 4.48. The Labute approximate surface area is 211 Å². The lowest BCUT2D eigenvalue weighted by molar-refractivity contribution is -0.139. The minimum absolute atomic E-state index is 0.227. The van der Waals surface area contributed by atoms with E-state index < -0.39 is 12.0 Å². The van der Waals surface area contributed by atoms with E-state index in [9.17, 15) is 9.59 Å². The molecule has 1 atom stereocenters. The minimum Gasteiger partial charge on any atom is -0.493 e. The first-order valence-electron chi connectivity index (χ1n) is 11.9. The fourth-order valence-corrected chi connectivity index (χ4v) is 4.18. The monoisotopic (exact) mass is 486 g/mol. The van der Waals surface area contributed by atoms with E-state index in [0.717, 1.165) is 11.1 Å². The van der Waals surface area contributed by atoms with E-state index >= 15 is 0 Å². The van der Waals surface area contributed by atoms with Gasteiger partial charge < -0.3 is 19.5 Å². The molecule has 36 heavy (non-hydrogen) atoms. The van der Waals surface area contributed by atoms with E-state index in [2.05, 4.69) is 5.32 Å². The number of nitrogens with one attached hydrogen (secondary N) is 1. The van der Waals surface area contributed by atoms with Crippen LogP contribution < -0.4 is 14.8 Å². The standard InChI is InChI=1S/C29H30N2O5/c1-4-35-28(32)26-20(2)31(18-21-11-7-5-8-12-21)29(33)30-27(26)23-15-16-24(25(17-23)34-3)36-19-22-13-9-6-10-14-22/h5-17,27H,4,18-19H2,1-3H3,(H,30,33)/t27-/m1/s1. The third-order valence-corrected chi connectivity index (χ3v) is 6.03. The first-order valence-corrected chi connectivity index (χ1v) is 11.9. The number of esters is 1. The van der Waals surface area contributed by atoms with Crippen LogP contribution in [0.2, 0.25) is 0 Å². The maximum absolute atomic E-state index is 13.2. The van der Waals surface area contributed by atoms with Crippen LogP contribution in [0.4, 0.5) is 4.79 Å². The van der Waals surface area contributed by atoms with Gasteiger partial charge in [-0.3, -0.25) is 4.90 Å². The normalized spacial score (nSPS) is 15.4. The molecule has 3 aromatic carbocycles. The molecule has 3 aromatic rings. The zero-order chi connectivity index (χ0) is 25.5. The summed E-state index contributed by atoms with van der Waals surface area (Å²) in [5.74, 6) is 0.600. The zero-order valence-corrected chi connectivity index (χ0v) is 20.7. The van der Waals surface area contributed by atoms with Crippen LogP contribution in [0, 0.1) is 0 Å². The Morgan fingerprint density at radius 2 is 1.61 bits per heavy atom. The lowest BCUT2D eigenvalue weighted by Gasteiger charge is -2.35. The predicted molar refractivity (Wildman–Crippen MR) is 136 cm³/mol. The van der Waals surface area contributed by atoms with Gasteiger partial charge in [0.05, 0.1) is 31.9 Å². The largest absolute Gasteiger partial charge is 0.493 e. The van der Waals surface area contributed by atoms with Crippen LogP contribution in [0.5, 0.6) is 11.5 Å². The molecule has 0 saturated heterocycles. The van der Waals surface area contributed by atoms with Gasteiger partial charge in [0.25, 0.3) is 0 Å². The van der Waals surface area contributed by atoms with Crippen LogP contribution in [-0.2, 0) is 22.7 Å². The van der Waals surface area contributed by atoms with Crippen molar-refractivity contribution in [2.75, 3.05) is 13.7 Å². The van der Waals surface area contributed by atoms with Crippen LogP contribution >= 0.6 is 0 Å². The lowest BCUT2D eigenvalue weighted by atomic mass is 9.94. The predicted octanol–water partition coefficient (Wildman–Crippen LogP) is 5.38. The molecule has 0 bridgehead atoms. The number of ether oxygens (including phenoxy) is 3. The molecule has 0 unspecified atom stereocenters. The second kappa shape index (κ2) is 11.4. The molecule has 7 heteroatoms. The molecule has 0 radical (unpaired) electrons. The highest BCUT2D eigenvalue weighted by atomic mass is 16.5. The quantitative estimate of drug-likeness (QED) is 0.411. The smallest absolute Gasteiger partial charge is 0.338 e. The Hall–Kier alpha value is -4.26. The van der Waals surface area contributed by atoms with Gasteiger partial charge in [-0.2, -0.15) is 0 Å². The van der Waals surface area contributed by atoms with Crippen molar-refractivity contribution in [1.82, 2.24) is 10.2 Å². The third-order valence-electron chi connectivity index (χ3n) is 6.03. The van der Waals surface area contributed by atoms with Gasteiger partial charge >= 0.3 is 12.0 Å². The number of carbonyl (C=O) groups excluding carboxylic acids is 2. The van der Waals surface area contributed by atoms with Gasteiger partial charge in [-0.15, -0.1) is 0 Å². The number of amides is 2. The molecule has 0 aliphatic carbocycles. The molecular weight excluding hydrogens is 456 g/mol. The SMILES string of the molecule is CCOC(=O)C1=C(C)N(Cc2ccccc2)C(=O)N[C@@H]1c1ccc(OCc2ccccc2)c(OC)c1. The molecule has 4 rings (SSSR count). The van der Waals surface area contributed by atoms with Gasteiger partial charge in [0.1, 0.15) is 6.61 Å². The highest BCUT2D eigenvalue weighted by molar-refractivity contribution is 5.95. The summed E-state index contributed by atoms with van der Waals surface area (Å²) in [5.41, 5.74) is 3.61. The van der Waals surface area contributed by atoms with Gasteiger partial charge in [-0.25, -0.2) is 9.59 Å². The molecule has 0 fully saturated rings. The van der Waals surface area contributed by atoms with Crippen LogP contribution in [0.15, 0.2) is 90.1 Å². The average molecular weight is 487 g/mol. The van der Waals surface area contributed by atoms with Crippen molar-refractivity contribution in [3.8, 4) is 11.5 Å². The average Bonchev–Trinajstić information content (AvgIpc) is 2.90. The second-order valence-electron chi connectivity index (χ2n) is 8.36. The van der Waals surface area contributed by atoms with Crippen molar-refractivity contribution >= 4 is 12.0 Å². The second-order valence-corrected chi connectivity index (χ2v) is 8.36. The molecule has 7 nitrogen and oxygen atoms in total. The number of nitrogens with zero attached hydrogens (tertiary/aromatic N) is 1. The molecule has 0 spiro atoms. The molecule has 186 valence electrons. The Balaban J connectivity index is 1.65. The van der Waals surface area contributed by atoms with Crippen molar-refractivity contribution in [3.05, 3.63) is 107 Å². The van der Waals surface area contributed by atoms with Crippen LogP contribution in [0.1, 0.15) is 36.6 Å². The van der Waals surface area contributed by atoms with E-state index in [4.69, 9.17) is 14.2 Å². The van der Waals surface area contributed by atoms with Gasteiger partial charge in [0.2, 0.25) is 0 Å². The zero-order valence-electron chi connectivity index (χ0n) is 20.7. The number of rotatable bonds is 9. The van der Waals surface area contributed by atoms with Crippen LogP contribution in [0.25, 0.3) is 0 Å². The van der Waals surface area contributed by atoms with Gasteiger partial charge in [-0.05, 0) is 42.7 Å². The molecule has 1 heterocycles. The topological polar surface area (TPSA) is 77.1 Å². The van der Waals surface area contributed by atoms with Crippen molar-refractivity contribution in [2.45, 2.75) is 33.0 Å². The Morgan fingerprint density at radius 1 is 0.944 bits per heavy atom. The Bertz CT molecular complexity index is 1240. The number of benzene rings is 3. The van der Waals surface area contributed by atoms with E-state index in [1.807, 2.05) is 66.7 Å². The summed E-state index contributed by atoms with van der Waals surface area (Å²) in [6, 6.07) is 23.9. The van der Waals surface area contributed by atoms with Gasteiger partial charge in [-0.1, -0.05) is 66.7 Å². The van der Waals surface area contributed by atoms with Crippen molar-refractivity contribution in [2.24, 2.45) is 0 Å². The lowest BCUT2D eigenvalue weighted by Crippen LogP contribution is -2.47. The molecule has 1 N–H and O–H groups in total. The summed E-state index contributed by atoms with van der Waals surface area (Å²) >= 11 is 0. The maximum Gasteiger partial charge on any atom is 0.338 e. The number of urea groups is 1. The summed E-state index contributed by atoms with van der Waals surface area (Å²) in [6.07, 6.45) is 0. The first-order chi connectivity index (χ1) is 17.5. The molecular formula is C29H30N2O5. The van der Waals surface area contributed by atoms with Gasteiger partial charge in [0, 0.05) is 5.70 Å². The minimum atomic E-state index is -0.694. The van der Waals surface area contributed by atoms with E-state index in [1.165, 1.54) is 0 Å². The third kappa shape index (κ3) is 5.51. The Kier molecular flexibility index (Phi) is 7.90. The highest BCUT2D eigenvalue weighted by Crippen LogP contribution is 2.37. The number of carbonyl (C=O) groups is 2. The Morgan fingerprint density at radius 3 is 2.25 bits per heavy atom. The summed E-state index contributed by atoms with van der Waals surface area (Å²) in [5, 5.41) is 2.98. The highest BCUT2D eigenvalue weighted by Gasteiger charge is 2.36. The fourth-order valence-electron chi connectivity index (χ4n) is 4.18. The van der Waals surface area contributed by atoms with Crippen molar-refractivity contribution in [1.29, 1.82) is 0 Å². The summed E-state index contributed by atoms with van der Waals surface area (Å²) < 4.78 is 16.9. The molecule has 0 aromatic heterocycles.